The van der Waals surface area contributed by atoms with Crippen molar-refractivity contribution in [3.63, 3.8) is 0 Å². The Hall–Kier alpha value is -4.45. The van der Waals surface area contributed by atoms with Gasteiger partial charge in [0.1, 0.15) is 17.0 Å². The van der Waals surface area contributed by atoms with Crippen molar-refractivity contribution in [2.24, 2.45) is 5.11 Å². The Balaban J connectivity index is 2.37. The summed E-state index contributed by atoms with van der Waals surface area (Å²) in [5.74, 6) is 2.08. The second-order valence-electron chi connectivity index (χ2n) is 6.42. The Bertz CT molecular complexity index is 1180. The predicted molar refractivity (Wildman–Crippen MR) is 127 cm³/mol. The summed E-state index contributed by atoms with van der Waals surface area (Å²) < 4.78 is 0. The van der Waals surface area contributed by atoms with Crippen LogP contribution in [0.15, 0.2) is 65.2 Å². The number of nitrogens with one attached hydrogen (secondary N) is 5. The molecule has 0 atom stereocenters. The zero-order valence-corrected chi connectivity index (χ0v) is 18.7. The molecule has 0 aliphatic heterocycles. The fraction of sp³-hybridized carbons (Fsp3) is 0.136. The number of anilines is 3. The van der Waals surface area contributed by atoms with Crippen LogP contribution in [-0.2, 0) is 0 Å². The third-order valence-electron chi connectivity index (χ3n) is 3.95. The molecule has 0 saturated carbocycles. The van der Waals surface area contributed by atoms with E-state index in [1.165, 1.54) is 24.4 Å². The Labute approximate surface area is 195 Å². The van der Waals surface area contributed by atoms with Gasteiger partial charge in [0.2, 0.25) is 4.91 Å². The van der Waals surface area contributed by atoms with E-state index in [1.807, 2.05) is 0 Å². The molecule has 11 heteroatoms. The molecular weight excluding hydrogens is 444 g/mol. The van der Waals surface area contributed by atoms with Gasteiger partial charge < -0.3 is 16.0 Å². The Morgan fingerprint density at radius 2 is 2.03 bits per heavy atom. The minimum atomic E-state index is -0.527. The normalized spacial score (nSPS) is 11.0. The number of carbonyl (C=O) groups is 2. The summed E-state index contributed by atoms with van der Waals surface area (Å²) in [5, 5.41) is 15.0. The highest BCUT2D eigenvalue weighted by Crippen LogP contribution is 2.24. The van der Waals surface area contributed by atoms with Crippen molar-refractivity contribution in [2.75, 3.05) is 17.2 Å². The van der Waals surface area contributed by atoms with Crippen molar-refractivity contribution in [3.8, 4) is 12.3 Å². The van der Waals surface area contributed by atoms with Gasteiger partial charge in [0.05, 0.1) is 16.9 Å². The Morgan fingerprint density at radius 1 is 1.30 bits per heavy atom. The number of hydrogen-bond acceptors (Lipinski definition) is 6. The summed E-state index contributed by atoms with van der Waals surface area (Å²) in [7, 11) is 0. The van der Waals surface area contributed by atoms with Gasteiger partial charge in [-0.15, -0.1) is 6.42 Å². The van der Waals surface area contributed by atoms with Gasteiger partial charge in [-0.3, -0.25) is 10.1 Å². The molecular formula is C22H22ClN8O2+. The topological polar surface area (TPSA) is 145 Å². The number of hydrogen-bond donors (Lipinski definition) is 5. The standard InChI is InChI=1S/C22H21ClN8O2/c1-4-16(9-6-14(3)30-31-24)28-21(32)18-13-26-20(29-22(33)25-5-2)12-19(18)27-17-10-7-15(23)8-11-17/h1,6-13,24H,5H2,2-3H3,(H3,25,26,27,29,32,33)/p+1. The van der Waals surface area contributed by atoms with E-state index in [0.717, 1.165) is 0 Å². The van der Waals surface area contributed by atoms with Crippen molar-refractivity contribution >= 4 is 40.7 Å². The number of halogens is 1. The fourth-order valence-corrected chi connectivity index (χ4v) is 2.58. The summed E-state index contributed by atoms with van der Waals surface area (Å²) in [6.45, 7) is 3.86. The number of allylic oxidation sites excluding steroid dienone is 4. The van der Waals surface area contributed by atoms with Crippen LogP contribution in [0.2, 0.25) is 5.02 Å². The molecule has 1 aromatic heterocycles. The smallest absolute Gasteiger partial charge is 0.320 e. The van der Waals surface area contributed by atoms with Gasteiger partial charge >= 0.3 is 6.03 Å². The number of urea groups is 1. The number of benzene rings is 1. The molecule has 1 heterocycles. The van der Waals surface area contributed by atoms with Crippen LogP contribution in [0.4, 0.5) is 22.0 Å². The SMILES string of the molecule is C#CC(=CC=C(C)N=[N+]=N)NC(=O)c1cnc(NC(=O)NCC)cc1Nc1ccc(Cl)cc1. The van der Waals surface area contributed by atoms with Crippen LogP contribution in [0, 0.1) is 17.9 Å². The molecule has 5 N–H and O–H groups in total. The maximum atomic E-state index is 12.9. The highest BCUT2D eigenvalue weighted by atomic mass is 35.5. The van der Waals surface area contributed by atoms with E-state index >= 15 is 0 Å². The number of nitrogens with zero attached hydrogens (tertiary/aromatic N) is 3. The molecule has 0 unspecified atom stereocenters. The zero-order chi connectivity index (χ0) is 24.2. The number of aromatic nitrogens is 1. The average molecular weight is 466 g/mol. The monoisotopic (exact) mass is 465 g/mol. The van der Waals surface area contributed by atoms with Gasteiger partial charge in [-0.25, -0.2) is 9.78 Å². The van der Waals surface area contributed by atoms with Crippen LogP contribution in [0.1, 0.15) is 24.2 Å². The van der Waals surface area contributed by atoms with Gasteiger partial charge in [-0.1, -0.05) is 17.5 Å². The maximum absolute atomic E-state index is 12.9. The molecule has 0 bridgehead atoms. The first kappa shape index (κ1) is 24.8. The Morgan fingerprint density at radius 3 is 2.67 bits per heavy atom. The van der Waals surface area contributed by atoms with Crippen LogP contribution in [-0.4, -0.2) is 23.5 Å². The first-order valence-electron chi connectivity index (χ1n) is 9.67. The van der Waals surface area contributed by atoms with Crippen molar-refractivity contribution in [2.45, 2.75) is 13.8 Å². The lowest BCUT2D eigenvalue weighted by Gasteiger charge is -2.14. The molecule has 0 spiro atoms. The van der Waals surface area contributed by atoms with E-state index in [1.54, 1.807) is 38.1 Å². The van der Waals surface area contributed by atoms with Crippen molar-refractivity contribution in [1.29, 1.82) is 5.53 Å². The zero-order valence-electron chi connectivity index (χ0n) is 17.9. The molecule has 33 heavy (non-hydrogen) atoms. The molecule has 2 rings (SSSR count). The second-order valence-corrected chi connectivity index (χ2v) is 6.85. The number of terminal acetylenes is 1. The average Bonchev–Trinajstić information content (AvgIpc) is 2.78. The Kier molecular flexibility index (Phi) is 9.34. The lowest BCUT2D eigenvalue weighted by atomic mass is 10.2. The van der Waals surface area contributed by atoms with Gasteiger partial charge in [-0.05, 0) is 50.3 Å². The second kappa shape index (κ2) is 12.4. The van der Waals surface area contributed by atoms with E-state index in [2.05, 4.69) is 42.2 Å². The van der Waals surface area contributed by atoms with Crippen molar-refractivity contribution in [3.05, 3.63) is 70.7 Å². The third-order valence-corrected chi connectivity index (χ3v) is 4.21. The molecule has 168 valence electrons. The first-order chi connectivity index (χ1) is 15.9. The molecule has 0 radical (unpaired) electrons. The number of rotatable bonds is 8. The summed E-state index contributed by atoms with van der Waals surface area (Å²) in [6.07, 6.45) is 9.79. The lowest BCUT2D eigenvalue weighted by molar-refractivity contribution is 0.0968. The molecule has 0 aliphatic rings. The summed E-state index contributed by atoms with van der Waals surface area (Å²) >= 11 is 5.94. The van der Waals surface area contributed by atoms with Crippen molar-refractivity contribution < 1.29 is 9.59 Å². The molecule has 0 saturated heterocycles. The third kappa shape index (κ3) is 7.95. The summed E-state index contributed by atoms with van der Waals surface area (Å²) in [5.41, 5.74) is 8.55. The fourth-order valence-electron chi connectivity index (χ4n) is 2.45. The van der Waals surface area contributed by atoms with E-state index in [0.29, 0.717) is 28.6 Å². The van der Waals surface area contributed by atoms with Crippen LogP contribution < -0.4 is 26.2 Å². The molecule has 0 aliphatic carbocycles. The van der Waals surface area contributed by atoms with E-state index < -0.39 is 11.9 Å². The number of amides is 3. The first-order valence-corrected chi connectivity index (χ1v) is 10.1. The molecule has 10 nitrogen and oxygen atoms in total. The maximum Gasteiger partial charge on any atom is 0.320 e. The summed E-state index contributed by atoms with van der Waals surface area (Å²) in [4.78, 5) is 31.9. The van der Waals surface area contributed by atoms with E-state index in [-0.39, 0.29) is 17.1 Å². The van der Waals surface area contributed by atoms with Gasteiger partial charge in [-0.2, -0.15) is 0 Å². The minimum absolute atomic E-state index is 0.168. The lowest BCUT2D eigenvalue weighted by Crippen LogP contribution is -2.29. The molecule has 0 fully saturated rings. The highest BCUT2D eigenvalue weighted by Gasteiger charge is 2.15. The highest BCUT2D eigenvalue weighted by molar-refractivity contribution is 6.30. The minimum Gasteiger partial charge on any atom is -0.355 e. The van der Waals surface area contributed by atoms with Crippen LogP contribution >= 0.6 is 11.6 Å². The van der Waals surface area contributed by atoms with Gasteiger partial charge in [0.25, 0.3) is 5.91 Å². The van der Waals surface area contributed by atoms with Crippen LogP contribution in [0.25, 0.3) is 0 Å². The molecule has 2 aromatic rings. The van der Waals surface area contributed by atoms with E-state index in [4.69, 9.17) is 23.6 Å². The van der Waals surface area contributed by atoms with Gasteiger partial charge in [0.15, 0.2) is 5.11 Å². The summed E-state index contributed by atoms with van der Waals surface area (Å²) in [6, 6.07) is 7.97. The molecule has 1 aromatic carbocycles. The van der Waals surface area contributed by atoms with Crippen molar-refractivity contribution in [1.82, 2.24) is 20.5 Å². The quantitative estimate of drug-likeness (QED) is 0.171. The van der Waals surface area contributed by atoms with Crippen LogP contribution in [0.5, 0.6) is 0 Å². The number of pyridine rings is 1. The predicted octanol–water partition coefficient (Wildman–Crippen LogP) is 4.32. The van der Waals surface area contributed by atoms with Gasteiger partial charge in [0, 0.05) is 29.5 Å². The van der Waals surface area contributed by atoms with Crippen LogP contribution in [0.3, 0.4) is 0 Å². The molecule has 3 amide bonds. The van der Waals surface area contributed by atoms with E-state index in [9.17, 15) is 9.59 Å². The number of carbonyl (C=O) groups excluding carboxylic acids is 2. The largest absolute Gasteiger partial charge is 0.355 e.